The highest BCUT2D eigenvalue weighted by Crippen LogP contribution is 2.40. The van der Waals surface area contributed by atoms with Gasteiger partial charge < -0.3 is 19.1 Å². The van der Waals surface area contributed by atoms with Gasteiger partial charge in [-0.25, -0.2) is 4.99 Å². The van der Waals surface area contributed by atoms with Crippen LogP contribution in [0.3, 0.4) is 0 Å². The minimum atomic E-state index is -0.733. The summed E-state index contributed by atoms with van der Waals surface area (Å²) in [7, 11) is 4.79. The third-order valence-corrected chi connectivity index (χ3v) is 9.26. The smallest absolute Gasteiger partial charge is 0.271 e. The lowest BCUT2D eigenvalue weighted by molar-refractivity contribution is -0.127. The lowest BCUT2D eigenvalue weighted by Crippen LogP contribution is -2.43. The molecule has 0 unspecified atom stereocenters. The molecule has 218 valence electrons. The minimum absolute atomic E-state index is 0.148. The van der Waals surface area contributed by atoms with Gasteiger partial charge in [0, 0.05) is 18.7 Å². The van der Waals surface area contributed by atoms with Crippen LogP contribution in [0.5, 0.6) is 17.2 Å². The van der Waals surface area contributed by atoms with Crippen LogP contribution in [-0.2, 0) is 4.79 Å². The topological polar surface area (TPSA) is 82.4 Å². The number of aromatic nitrogens is 1. The second-order valence-corrected chi connectivity index (χ2v) is 11.9. The SMILES string of the molecule is CCN(CC)C(=O)C1=C(C)N=c2s/c(=C/c3cc(I)c(OC)c(OC)c3)c(=O)n2[C@@H]1c1c(OC)ccc2ccccc12. The van der Waals surface area contributed by atoms with E-state index in [-0.39, 0.29) is 11.5 Å². The maximum atomic E-state index is 14.3. The van der Waals surface area contributed by atoms with E-state index in [1.54, 1.807) is 30.8 Å². The van der Waals surface area contributed by atoms with Crippen LogP contribution in [0, 0.1) is 3.57 Å². The van der Waals surface area contributed by atoms with Crippen LogP contribution in [-0.4, -0.2) is 49.8 Å². The summed E-state index contributed by atoms with van der Waals surface area (Å²) in [6.07, 6.45) is 1.83. The monoisotopic (exact) mass is 697 g/mol. The second-order valence-electron chi connectivity index (χ2n) is 9.70. The number of likely N-dealkylation sites (N-methyl/N-ethyl adjacent to an activating group) is 1. The Hall–Kier alpha value is -3.64. The molecule has 0 aliphatic carbocycles. The number of methoxy groups -OCH3 is 3. The molecule has 0 saturated heterocycles. The normalized spacial score (nSPS) is 14.9. The van der Waals surface area contributed by atoms with Crippen LogP contribution in [0.15, 0.2) is 69.6 Å². The Morgan fingerprint density at radius 1 is 1.05 bits per heavy atom. The van der Waals surface area contributed by atoms with Crippen molar-refractivity contribution in [2.24, 2.45) is 4.99 Å². The van der Waals surface area contributed by atoms with Crippen molar-refractivity contribution in [1.29, 1.82) is 0 Å². The summed E-state index contributed by atoms with van der Waals surface area (Å²) in [6, 6.07) is 14.9. The van der Waals surface area contributed by atoms with Crippen molar-refractivity contribution in [2.45, 2.75) is 26.8 Å². The lowest BCUT2D eigenvalue weighted by Gasteiger charge is -2.30. The number of allylic oxidation sites excluding steroid dienone is 1. The van der Waals surface area contributed by atoms with Crippen LogP contribution in [0.1, 0.15) is 37.9 Å². The summed E-state index contributed by atoms with van der Waals surface area (Å²) < 4.78 is 19.9. The number of fused-ring (bicyclic) bond motifs is 2. The highest BCUT2D eigenvalue weighted by atomic mass is 127. The highest BCUT2D eigenvalue weighted by molar-refractivity contribution is 14.1. The molecule has 0 spiro atoms. The molecule has 3 aromatic carbocycles. The molecule has 1 aliphatic heterocycles. The molecule has 1 amide bonds. The largest absolute Gasteiger partial charge is 0.496 e. The van der Waals surface area contributed by atoms with E-state index in [0.29, 0.717) is 50.9 Å². The van der Waals surface area contributed by atoms with Gasteiger partial charge in [0.15, 0.2) is 16.3 Å². The van der Waals surface area contributed by atoms with Crippen molar-refractivity contribution in [1.82, 2.24) is 9.47 Å². The first-order valence-electron chi connectivity index (χ1n) is 13.6. The first-order valence-corrected chi connectivity index (χ1v) is 15.5. The number of ether oxygens (including phenoxy) is 3. The maximum Gasteiger partial charge on any atom is 0.271 e. The van der Waals surface area contributed by atoms with Gasteiger partial charge in [-0.1, -0.05) is 41.7 Å². The van der Waals surface area contributed by atoms with Crippen molar-refractivity contribution in [2.75, 3.05) is 34.4 Å². The van der Waals surface area contributed by atoms with Gasteiger partial charge >= 0.3 is 0 Å². The van der Waals surface area contributed by atoms with Crippen LogP contribution in [0.2, 0.25) is 0 Å². The summed E-state index contributed by atoms with van der Waals surface area (Å²) in [4.78, 5) is 35.5. The van der Waals surface area contributed by atoms with Gasteiger partial charge in [-0.3, -0.25) is 14.2 Å². The number of carbonyl (C=O) groups excluding carboxylic acids is 1. The van der Waals surface area contributed by atoms with Crippen LogP contribution in [0.25, 0.3) is 16.8 Å². The molecule has 1 aromatic heterocycles. The number of thiazole rings is 1. The van der Waals surface area contributed by atoms with E-state index < -0.39 is 6.04 Å². The summed E-state index contributed by atoms with van der Waals surface area (Å²) in [5.41, 5.74) is 2.36. The van der Waals surface area contributed by atoms with Crippen molar-refractivity contribution in [3.8, 4) is 17.2 Å². The molecule has 8 nitrogen and oxygen atoms in total. The molecular weight excluding hydrogens is 665 g/mol. The first-order chi connectivity index (χ1) is 20.3. The first kappa shape index (κ1) is 29.8. The van der Waals surface area contributed by atoms with Crippen molar-refractivity contribution < 1.29 is 19.0 Å². The maximum absolute atomic E-state index is 14.3. The second kappa shape index (κ2) is 12.3. The predicted octanol–water partition coefficient (Wildman–Crippen LogP) is 4.89. The van der Waals surface area contributed by atoms with Gasteiger partial charge in [0.05, 0.1) is 40.7 Å². The molecule has 1 atom stereocenters. The van der Waals surface area contributed by atoms with Crippen LogP contribution < -0.4 is 29.1 Å². The Kier molecular flexibility index (Phi) is 8.74. The number of rotatable bonds is 8. The number of hydrogen-bond donors (Lipinski definition) is 0. The zero-order valence-corrected chi connectivity index (χ0v) is 27.3. The Bertz CT molecular complexity index is 1910. The zero-order chi connectivity index (χ0) is 30.1. The van der Waals surface area contributed by atoms with Gasteiger partial charge in [0.25, 0.3) is 11.5 Å². The summed E-state index contributed by atoms with van der Waals surface area (Å²) in [5, 5.41) is 1.89. The average Bonchev–Trinajstić information content (AvgIpc) is 3.29. The number of halogens is 1. The van der Waals surface area contributed by atoms with Gasteiger partial charge in [0.1, 0.15) is 11.8 Å². The number of benzene rings is 3. The van der Waals surface area contributed by atoms with E-state index in [0.717, 1.165) is 25.5 Å². The molecule has 0 bridgehead atoms. The fourth-order valence-corrected chi connectivity index (χ4v) is 7.35. The third kappa shape index (κ3) is 5.11. The Morgan fingerprint density at radius 2 is 1.76 bits per heavy atom. The van der Waals surface area contributed by atoms with Gasteiger partial charge in [-0.05, 0) is 84.0 Å². The number of nitrogens with zero attached hydrogens (tertiary/aromatic N) is 3. The zero-order valence-electron chi connectivity index (χ0n) is 24.4. The van der Waals surface area contributed by atoms with E-state index in [1.165, 1.54) is 11.3 Å². The molecule has 0 saturated carbocycles. The molecule has 0 radical (unpaired) electrons. The van der Waals surface area contributed by atoms with Gasteiger partial charge in [-0.15, -0.1) is 0 Å². The van der Waals surface area contributed by atoms with E-state index in [9.17, 15) is 9.59 Å². The Balaban J connectivity index is 1.83. The molecule has 42 heavy (non-hydrogen) atoms. The fraction of sp³-hybridized carbons (Fsp3) is 0.281. The molecule has 4 aromatic rings. The number of amides is 1. The molecular formula is C32H32IN3O5S. The molecule has 2 heterocycles. The summed E-state index contributed by atoms with van der Waals surface area (Å²) >= 11 is 3.48. The van der Waals surface area contributed by atoms with E-state index >= 15 is 0 Å². The fourth-order valence-electron chi connectivity index (χ4n) is 5.46. The highest BCUT2D eigenvalue weighted by Gasteiger charge is 2.36. The van der Waals surface area contributed by atoms with Crippen LogP contribution in [0.4, 0.5) is 0 Å². The lowest BCUT2D eigenvalue weighted by atomic mass is 9.90. The third-order valence-electron chi connectivity index (χ3n) is 7.48. The molecule has 1 aliphatic rings. The Morgan fingerprint density at radius 3 is 2.43 bits per heavy atom. The quantitative estimate of drug-likeness (QED) is 0.245. The van der Waals surface area contributed by atoms with Gasteiger partial charge in [0.2, 0.25) is 0 Å². The number of carbonyl (C=O) groups is 1. The van der Waals surface area contributed by atoms with Crippen molar-refractivity contribution >= 4 is 56.7 Å². The standard InChI is InChI=1S/C32H32IN3O5S/c1-7-35(8-2)31(38)26-18(3)34-32-36(28(26)27-21-12-10-9-11-20(21)13-14-23(27)39-4)30(37)25(42-32)17-19-15-22(33)29(41-6)24(16-19)40-5/h9-17,28H,7-8H2,1-6H3/b25-17+/t28-/m0/s1. The molecule has 0 N–H and O–H groups in total. The van der Waals surface area contributed by atoms with E-state index in [2.05, 4.69) is 22.6 Å². The van der Waals surface area contributed by atoms with Crippen LogP contribution >= 0.6 is 33.9 Å². The van der Waals surface area contributed by atoms with Gasteiger partial charge in [-0.2, -0.15) is 0 Å². The van der Waals surface area contributed by atoms with Crippen molar-refractivity contribution in [3.05, 3.63) is 94.2 Å². The predicted molar refractivity (Wildman–Crippen MR) is 174 cm³/mol. The summed E-state index contributed by atoms with van der Waals surface area (Å²) in [6.45, 7) is 6.81. The molecule has 5 rings (SSSR count). The minimum Gasteiger partial charge on any atom is -0.496 e. The Labute approximate surface area is 261 Å². The number of hydrogen-bond acceptors (Lipinski definition) is 7. The van der Waals surface area contributed by atoms with E-state index in [1.807, 2.05) is 75.4 Å². The summed E-state index contributed by atoms with van der Waals surface area (Å²) in [5.74, 6) is 1.66. The van der Waals surface area contributed by atoms with E-state index in [4.69, 9.17) is 19.2 Å². The molecule has 0 fully saturated rings. The average molecular weight is 698 g/mol. The molecule has 10 heteroatoms. The van der Waals surface area contributed by atoms with Crippen molar-refractivity contribution in [3.63, 3.8) is 0 Å².